The van der Waals surface area contributed by atoms with E-state index in [1.165, 1.54) is 11.2 Å². The first-order chi connectivity index (χ1) is 9.89. The number of aryl methyl sites for hydroxylation is 1. The van der Waals surface area contributed by atoms with Crippen LogP contribution in [0.5, 0.6) is 0 Å². The Morgan fingerprint density at radius 1 is 1.43 bits per heavy atom. The van der Waals surface area contributed by atoms with Gasteiger partial charge in [0.15, 0.2) is 5.69 Å². The summed E-state index contributed by atoms with van der Waals surface area (Å²) in [6, 6.07) is -0.114. The van der Waals surface area contributed by atoms with Gasteiger partial charge in [-0.25, -0.2) is 13.2 Å². The molecule has 8 nitrogen and oxygen atoms in total. The molecule has 1 saturated heterocycles. The number of rotatable bonds is 5. The van der Waals surface area contributed by atoms with Gasteiger partial charge in [0.1, 0.15) is 4.90 Å². The predicted octanol–water partition coefficient (Wildman–Crippen LogP) is 0.179. The molecule has 3 N–H and O–H groups in total. The van der Waals surface area contributed by atoms with Gasteiger partial charge in [0, 0.05) is 12.6 Å². The standard InChI is InChI=1S/C12H20N4O4S/c1-3-16(9-4-6-13-7-5-9)21(19,20)11-8(2)14-15-10(11)12(17)18/h9,13H,3-7H2,1-2H3,(H,14,15)(H,17,18). The van der Waals surface area contributed by atoms with Crippen LogP contribution in [0.25, 0.3) is 0 Å². The first kappa shape index (κ1) is 15.9. The number of aromatic nitrogens is 2. The molecule has 0 unspecified atom stereocenters. The molecule has 0 amide bonds. The van der Waals surface area contributed by atoms with Crippen LogP contribution in [0, 0.1) is 6.92 Å². The highest BCUT2D eigenvalue weighted by Crippen LogP contribution is 2.26. The fraction of sp³-hybridized carbons (Fsp3) is 0.667. The molecular formula is C12H20N4O4S. The molecule has 1 aliphatic heterocycles. The summed E-state index contributed by atoms with van der Waals surface area (Å²) in [6.07, 6.45) is 1.43. The molecule has 1 aromatic rings. The third-order valence-corrected chi connectivity index (χ3v) is 5.88. The minimum atomic E-state index is -3.88. The molecule has 1 fully saturated rings. The second-order valence-corrected chi connectivity index (χ2v) is 6.85. The number of aromatic amines is 1. The topological polar surface area (TPSA) is 115 Å². The monoisotopic (exact) mass is 316 g/mol. The molecule has 0 bridgehead atoms. The van der Waals surface area contributed by atoms with Crippen molar-refractivity contribution in [1.82, 2.24) is 19.8 Å². The summed E-state index contributed by atoms with van der Waals surface area (Å²) in [5.41, 5.74) is -0.195. The minimum Gasteiger partial charge on any atom is -0.476 e. The highest BCUT2D eigenvalue weighted by Gasteiger charge is 2.36. The lowest BCUT2D eigenvalue weighted by molar-refractivity contribution is 0.0686. The maximum absolute atomic E-state index is 12.9. The van der Waals surface area contributed by atoms with Crippen molar-refractivity contribution in [1.29, 1.82) is 0 Å². The molecule has 0 radical (unpaired) electrons. The van der Waals surface area contributed by atoms with Gasteiger partial charge >= 0.3 is 5.97 Å². The molecule has 1 aromatic heterocycles. The van der Waals surface area contributed by atoms with Crippen molar-refractivity contribution in [2.75, 3.05) is 19.6 Å². The van der Waals surface area contributed by atoms with Gasteiger partial charge in [-0.2, -0.15) is 9.40 Å². The Kier molecular flexibility index (Phi) is 4.64. The van der Waals surface area contributed by atoms with Crippen LogP contribution < -0.4 is 5.32 Å². The fourth-order valence-corrected chi connectivity index (χ4v) is 4.70. The molecule has 1 aliphatic rings. The van der Waals surface area contributed by atoms with Crippen molar-refractivity contribution >= 4 is 16.0 Å². The van der Waals surface area contributed by atoms with Gasteiger partial charge in [0.2, 0.25) is 10.0 Å². The molecule has 2 heterocycles. The molecule has 0 spiro atoms. The summed E-state index contributed by atoms with van der Waals surface area (Å²) in [4.78, 5) is 11.0. The summed E-state index contributed by atoms with van der Waals surface area (Å²) < 4.78 is 27.1. The molecule has 118 valence electrons. The van der Waals surface area contributed by atoms with Gasteiger partial charge in [-0.05, 0) is 32.9 Å². The Labute approximate surface area is 123 Å². The quantitative estimate of drug-likeness (QED) is 0.713. The fourth-order valence-electron chi connectivity index (χ4n) is 2.72. The lowest BCUT2D eigenvalue weighted by Gasteiger charge is -2.32. The zero-order valence-electron chi connectivity index (χ0n) is 12.1. The molecule has 0 aliphatic carbocycles. The van der Waals surface area contributed by atoms with E-state index < -0.39 is 21.7 Å². The van der Waals surface area contributed by atoms with Crippen LogP contribution in [0.2, 0.25) is 0 Å². The number of carbonyl (C=O) groups is 1. The summed E-state index contributed by atoms with van der Waals surface area (Å²) in [6.45, 7) is 5.09. The number of aromatic carboxylic acids is 1. The van der Waals surface area contributed by atoms with E-state index in [2.05, 4.69) is 15.5 Å². The molecule has 21 heavy (non-hydrogen) atoms. The van der Waals surface area contributed by atoms with Crippen LogP contribution >= 0.6 is 0 Å². The van der Waals surface area contributed by atoms with E-state index in [1.807, 2.05) is 0 Å². The van der Waals surface area contributed by atoms with Crippen molar-refractivity contribution in [3.8, 4) is 0 Å². The van der Waals surface area contributed by atoms with Crippen molar-refractivity contribution < 1.29 is 18.3 Å². The molecule has 9 heteroatoms. The highest BCUT2D eigenvalue weighted by atomic mass is 32.2. The van der Waals surface area contributed by atoms with Crippen molar-refractivity contribution in [3.63, 3.8) is 0 Å². The average molecular weight is 316 g/mol. The van der Waals surface area contributed by atoms with E-state index >= 15 is 0 Å². The summed E-state index contributed by atoms with van der Waals surface area (Å²) in [5.74, 6) is -1.35. The highest BCUT2D eigenvalue weighted by molar-refractivity contribution is 7.89. The minimum absolute atomic E-state index is 0.114. The van der Waals surface area contributed by atoms with Crippen LogP contribution in [0.1, 0.15) is 35.9 Å². The normalized spacial score (nSPS) is 17.3. The average Bonchev–Trinajstić information content (AvgIpc) is 2.83. The third-order valence-electron chi connectivity index (χ3n) is 3.69. The van der Waals surface area contributed by atoms with Crippen molar-refractivity contribution in [3.05, 3.63) is 11.4 Å². The van der Waals surface area contributed by atoms with E-state index in [1.54, 1.807) is 6.92 Å². The lowest BCUT2D eigenvalue weighted by Crippen LogP contribution is -2.46. The molecule has 0 saturated carbocycles. The van der Waals surface area contributed by atoms with Crippen LogP contribution in [0.3, 0.4) is 0 Å². The molecule has 0 aromatic carbocycles. The van der Waals surface area contributed by atoms with E-state index in [-0.39, 0.29) is 16.6 Å². The zero-order valence-corrected chi connectivity index (χ0v) is 12.9. The first-order valence-corrected chi connectivity index (χ1v) is 8.34. The SMILES string of the molecule is CCN(C1CCNCC1)S(=O)(=O)c1c(C(=O)O)n[nH]c1C. The number of piperidine rings is 1. The van der Waals surface area contributed by atoms with E-state index in [0.717, 1.165) is 13.1 Å². The Hall–Kier alpha value is -1.45. The Morgan fingerprint density at radius 2 is 2.05 bits per heavy atom. The Balaban J connectivity index is 2.44. The Morgan fingerprint density at radius 3 is 2.57 bits per heavy atom. The van der Waals surface area contributed by atoms with Crippen molar-refractivity contribution in [2.45, 2.75) is 37.6 Å². The van der Waals surface area contributed by atoms with Gasteiger partial charge < -0.3 is 10.4 Å². The van der Waals surface area contributed by atoms with Crippen LogP contribution in [-0.4, -0.2) is 59.7 Å². The Bertz CT molecular complexity index is 619. The van der Waals surface area contributed by atoms with Crippen LogP contribution in [0.15, 0.2) is 4.90 Å². The number of H-pyrrole nitrogens is 1. The maximum Gasteiger partial charge on any atom is 0.357 e. The second-order valence-electron chi connectivity index (χ2n) is 5.02. The van der Waals surface area contributed by atoms with Gasteiger partial charge in [-0.3, -0.25) is 5.10 Å². The van der Waals surface area contributed by atoms with E-state index in [9.17, 15) is 13.2 Å². The summed E-state index contributed by atoms with van der Waals surface area (Å²) in [7, 11) is -3.88. The van der Waals surface area contributed by atoms with Crippen molar-refractivity contribution in [2.24, 2.45) is 0 Å². The van der Waals surface area contributed by atoms with E-state index in [0.29, 0.717) is 19.4 Å². The van der Waals surface area contributed by atoms with E-state index in [4.69, 9.17) is 5.11 Å². The second kappa shape index (κ2) is 6.12. The first-order valence-electron chi connectivity index (χ1n) is 6.90. The maximum atomic E-state index is 12.9. The van der Waals surface area contributed by atoms with Gasteiger partial charge in [-0.1, -0.05) is 6.92 Å². The number of carboxylic acids is 1. The van der Waals surface area contributed by atoms with Gasteiger partial charge in [0.05, 0.1) is 5.69 Å². The number of hydrogen-bond acceptors (Lipinski definition) is 5. The molecular weight excluding hydrogens is 296 g/mol. The largest absolute Gasteiger partial charge is 0.476 e. The third kappa shape index (κ3) is 2.94. The van der Waals surface area contributed by atoms with Crippen LogP contribution in [0.4, 0.5) is 0 Å². The van der Waals surface area contributed by atoms with Gasteiger partial charge in [-0.15, -0.1) is 0 Å². The van der Waals surface area contributed by atoms with Gasteiger partial charge in [0.25, 0.3) is 0 Å². The number of sulfonamides is 1. The number of hydrogen-bond donors (Lipinski definition) is 3. The summed E-state index contributed by atoms with van der Waals surface area (Å²) in [5, 5.41) is 18.4. The van der Waals surface area contributed by atoms with Crippen LogP contribution in [-0.2, 0) is 10.0 Å². The number of nitrogens with zero attached hydrogens (tertiary/aromatic N) is 2. The lowest BCUT2D eigenvalue weighted by atomic mass is 10.1. The molecule has 2 rings (SSSR count). The number of carboxylic acid groups (broad SMARTS) is 1. The zero-order chi connectivity index (χ0) is 15.6. The summed E-state index contributed by atoms with van der Waals surface area (Å²) >= 11 is 0. The molecule has 0 atom stereocenters. The smallest absolute Gasteiger partial charge is 0.357 e. The number of nitrogens with one attached hydrogen (secondary N) is 2. The predicted molar refractivity (Wildman–Crippen MR) is 75.7 cm³/mol.